The number of methoxy groups -OCH3 is 1. The summed E-state index contributed by atoms with van der Waals surface area (Å²) in [5.74, 6) is -2.75. The SMILES string of the molecule is COc1ccc2oc(C(=O)OCC(=O)Nc3ccc(F)cc3F)c(C)c2c1. The van der Waals surface area contributed by atoms with Crippen LogP contribution in [0.15, 0.2) is 40.8 Å². The van der Waals surface area contributed by atoms with Gasteiger partial charge < -0.3 is 19.2 Å². The highest BCUT2D eigenvalue weighted by atomic mass is 19.1. The number of fused-ring (bicyclic) bond motifs is 1. The van der Waals surface area contributed by atoms with Crippen LogP contribution >= 0.6 is 0 Å². The van der Waals surface area contributed by atoms with Crippen LogP contribution in [0.3, 0.4) is 0 Å². The van der Waals surface area contributed by atoms with Crippen molar-refractivity contribution in [2.75, 3.05) is 19.0 Å². The number of benzene rings is 2. The van der Waals surface area contributed by atoms with Crippen LogP contribution in [0, 0.1) is 18.6 Å². The van der Waals surface area contributed by atoms with Crippen molar-refractivity contribution >= 4 is 28.5 Å². The highest BCUT2D eigenvalue weighted by molar-refractivity contribution is 5.98. The molecule has 0 radical (unpaired) electrons. The lowest BCUT2D eigenvalue weighted by molar-refractivity contribution is -0.119. The second-order valence-electron chi connectivity index (χ2n) is 5.67. The Hall–Kier alpha value is -3.42. The summed E-state index contributed by atoms with van der Waals surface area (Å²) >= 11 is 0. The normalized spacial score (nSPS) is 10.7. The van der Waals surface area contributed by atoms with Gasteiger partial charge in [-0.3, -0.25) is 4.79 Å². The summed E-state index contributed by atoms with van der Waals surface area (Å²) < 4.78 is 41.9. The molecule has 0 aliphatic carbocycles. The van der Waals surface area contributed by atoms with Gasteiger partial charge in [-0.25, -0.2) is 13.6 Å². The van der Waals surface area contributed by atoms with E-state index in [1.165, 1.54) is 7.11 Å². The van der Waals surface area contributed by atoms with Crippen molar-refractivity contribution in [3.63, 3.8) is 0 Å². The van der Waals surface area contributed by atoms with E-state index in [-0.39, 0.29) is 11.4 Å². The minimum Gasteiger partial charge on any atom is -0.497 e. The maximum absolute atomic E-state index is 13.5. The van der Waals surface area contributed by atoms with Gasteiger partial charge in [-0.15, -0.1) is 0 Å². The Morgan fingerprint density at radius 3 is 2.63 bits per heavy atom. The van der Waals surface area contributed by atoms with Gasteiger partial charge in [-0.05, 0) is 37.3 Å². The number of rotatable bonds is 5. The monoisotopic (exact) mass is 375 g/mol. The molecule has 2 aromatic carbocycles. The molecule has 8 heteroatoms. The first-order valence-electron chi connectivity index (χ1n) is 7.88. The molecule has 3 rings (SSSR count). The molecular weight excluding hydrogens is 360 g/mol. The average Bonchev–Trinajstić information content (AvgIpc) is 2.98. The zero-order valence-electron chi connectivity index (χ0n) is 14.5. The first kappa shape index (κ1) is 18.4. The van der Waals surface area contributed by atoms with Gasteiger partial charge in [0.1, 0.15) is 23.0 Å². The fraction of sp³-hybridized carbons (Fsp3) is 0.158. The lowest BCUT2D eigenvalue weighted by Gasteiger charge is -2.07. The number of halogens is 2. The van der Waals surface area contributed by atoms with E-state index in [0.717, 1.165) is 12.1 Å². The van der Waals surface area contributed by atoms with Crippen molar-refractivity contribution in [2.45, 2.75) is 6.92 Å². The van der Waals surface area contributed by atoms with Crippen molar-refractivity contribution < 1.29 is 32.3 Å². The minimum absolute atomic E-state index is 0.0426. The first-order chi connectivity index (χ1) is 12.9. The molecule has 1 aromatic heterocycles. The van der Waals surface area contributed by atoms with E-state index in [1.807, 2.05) is 0 Å². The number of amides is 1. The second-order valence-corrected chi connectivity index (χ2v) is 5.67. The number of nitrogens with one attached hydrogen (secondary N) is 1. The minimum atomic E-state index is -0.934. The molecule has 0 saturated heterocycles. The number of furan rings is 1. The van der Waals surface area contributed by atoms with Crippen molar-refractivity contribution in [3.05, 3.63) is 59.4 Å². The van der Waals surface area contributed by atoms with Crippen LogP contribution in [0.25, 0.3) is 11.0 Å². The number of aryl methyl sites for hydroxylation is 1. The summed E-state index contributed by atoms with van der Waals surface area (Å²) in [4.78, 5) is 24.0. The molecule has 0 saturated carbocycles. The molecule has 1 N–H and O–H groups in total. The number of esters is 1. The number of ether oxygens (including phenoxy) is 2. The number of anilines is 1. The van der Waals surface area contributed by atoms with Crippen molar-refractivity contribution in [1.29, 1.82) is 0 Å². The fourth-order valence-electron chi connectivity index (χ4n) is 2.50. The molecule has 0 spiro atoms. The summed E-state index contributed by atoms with van der Waals surface area (Å²) in [5.41, 5.74) is 0.793. The molecule has 1 heterocycles. The Bertz CT molecular complexity index is 1030. The smallest absolute Gasteiger partial charge is 0.375 e. The molecule has 3 aromatic rings. The maximum Gasteiger partial charge on any atom is 0.375 e. The Labute approximate surface area is 152 Å². The first-order valence-corrected chi connectivity index (χ1v) is 7.88. The van der Waals surface area contributed by atoms with Crippen LogP contribution in [-0.2, 0) is 9.53 Å². The number of carbonyl (C=O) groups excluding carboxylic acids is 2. The van der Waals surface area contributed by atoms with Gasteiger partial charge in [0.2, 0.25) is 5.76 Å². The molecule has 6 nitrogen and oxygen atoms in total. The third-order valence-corrected chi connectivity index (χ3v) is 3.87. The van der Waals surface area contributed by atoms with Crippen LogP contribution in [-0.4, -0.2) is 25.6 Å². The Balaban J connectivity index is 1.67. The molecule has 1 amide bonds. The van der Waals surface area contributed by atoms with E-state index in [2.05, 4.69) is 5.32 Å². The average molecular weight is 375 g/mol. The Morgan fingerprint density at radius 2 is 1.93 bits per heavy atom. The van der Waals surface area contributed by atoms with Gasteiger partial charge >= 0.3 is 5.97 Å². The van der Waals surface area contributed by atoms with Crippen molar-refractivity contribution in [1.82, 2.24) is 0 Å². The fourth-order valence-corrected chi connectivity index (χ4v) is 2.50. The highest BCUT2D eigenvalue weighted by Gasteiger charge is 2.20. The zero-order chi connectivity index (χ0) is 19.6. The number of carbonyl (C=O) groups is 2. The number of hydrogen-bond donors (Lipinski definition) is 1. The standard InChI is InChI=1S/C19H15F2NO5/c1-10-13-8-12(25-2)4-6-16(13)27-18(10)19(24)26-9-17(23)22-15-5-3-11(20)7-14(15)21/h3-8H,9H2,1-2H3,(H,22,23). The molecule has 140 valence electrons. The summed E-state index contributed by atoms with van der Waals surface area (Å²) in [6.07, 6.45) is 0. The van der Waals surface area contributed by atoms with Gasteiger partial charge in [0.05, 0.1) is 12.8 Å². The van der Waals surface area contributed by atoms with Crippen LogP contribution < -0.4 is 10.1 Å². The van der Waals surface area contributed by atoms with E-state index in [1.54, 1.807) is 25.1 Å². The summed E-state index contributed by atoms with van der Waals surface area (Å²) in [6.45, 7) is 1.02. The van der Waals surface area contributed by atoms with Crippen molar-refractivity contribution in [2.24, 2.45) is 0 Å². The van der Waals surface area contributed by atoms with E-state index in [0.29, 0.717) is 28.3 Å². The van der Waals surface area contributed by atoms with Gasteiger partial charge in [-0.1, -0.05) is 0 Å². The van der Waals surface area contributed by atoms with E-state index in [9.17, 15) is 18.4 Å². The lowest BCUT2D eigenvalue weighted by atomic mass is 10.1. The van der Waals surface area contributed by atoms with Crippen molar-refractivity contribution in [3.8, 4) is 5.75 Å². The molecule has 0 bridgehead atoms. The summed E-state index contributed by atoms with van der Waals surface area (Å²) in [7, 11) is 1.52. The van der Waals surface area contributed by atoms with Gasteiger partial charge in [0, 0.05) is 17.0 Å². The predicted molar refractivity (Wildman–Crippen MR) is 92.8 cm³/mol. The van der Waals surface area contributed by atoms with Crippen LogP contribution in [0.5, 0.6) is 5.75 Å². The van der Waals surface area contributed by atoms with E-state index in [4.69, 9.17) is 13.9 Å². The quantitative estimate of drug-likeness (QED) is 0.686. The molecule has 0 aliphatic rings. The molecule has 0 aliphatic heterocycles. The molecule has 0 unspecified atom stereocenters. The maximum atomic E-state index is 13.5. The third kappa shape index (κ3) is 3.89. The van der Waals surface area contributed by atoms with E-state index < -0.39 is 30.1 Å². The topological polar surface area (TPSA) is 77.8 Å². The molecule has 0 atom stereocenters. The van der Waals surface area contributed by atoms with Crippen LogP contribution in [0.1, 0.15) is 16.1 Å². The Morgan fingerprint density at radius 1 is 1.15 bits per heavy atom. The van der Waals surface area contributed by atoms with E-state index >= 15 is 0 Å². The van der Waals surface area contributed by atoms with Gasteiger partial charge in [0.15, 0.2) is 6.61 Å². The molecular formula is C19H15F2NO5. The largest absolute Gasteiger partial charge is 0.497 e. The second kappa shape index (κ2) is 7.45. The molecule has 27 heavy (non-hydrogen) atoms. The zero-order valence-corrected chi connectivity index (χ0v) is 14.5. The lowest BCUT2D eigenvalue weighted by Crippen LogP contribution is -2.21. The Kier molecular flexibility index (Phi) is 5.07. The predicted octanol–water partition coefficient (Wildman–Crippen LogP) is 3.82. The summed E-state index contributed by atoms with van der Waals surface area (Å²) in [6, 6.07) is 7.76. The van der Waals surface area contributed by atoms with Crippen LogP contribution in [0.2, 0.25) is 0 Å². The highest BCUT2D eigenvalue weighted by Crippen LogP contribution is 2.29. The number of hydrogen-bond acceptors (Lipinski definition) is 5. The third-order valence-electron chi connectivity index (χ3n) is 3.87. The van der Waals surface area contributed by atoms with Gasteiger partial charge in [-0.2, -0.15) is 0 Å². The van der Waals surface area contributed by atoms with Gasteiger partial charge in [0.25, 0.3) is 5.91 Å². The van der Waals surface area contributed by atoms with Crippen LogP contribution in [0.4, 0.5) is 14.5 Å². The summed E-state index contributed by atoms with van der Waals surface area (Å²) in [5, 5.41) is 2.88. The molecule has 0 fully saturated rings.